The first-order valence-electron chi connectivity index (χ1n) is 10.4. The topological polar surface area (TPSA) is 116 Å². The normalized spacial score (nSPS) is 10.5. The maximum Gasteiger partial charge on any atom is 0.307 e. The van der Waals surface area contributed by atoms with E-state index in [0.717, 1.165) is 6.20 Å². The summed E-state index contributed by atoms with van der Waals surface area (Å²) < 4.78 is 14.3. The van der Waals surface area contributed by atoms with Crippen molar-refractivity contribution in [3.8, 4) is 0 Å². The number of hydrogen-bond donors (Lipinski definition) is 4. The Balaban J connectivity index is 1.42. The average Bonchev–Trinajstić information content (AvgIpc) is 2.84. The maximum atomic E-state index is 14.3. The van der Waals surface area contributed by atoms with Crippen LogP contribution in [-0.4, -0.2) is 27.0 Å². The molecule has 4 rings (SSSR count). The number of para-hydroxylation sites is 1. The molecule has 0 bridgehead atoms. The van der Waals surface area contributed by atoms with Gasteiger partial charge in [-0.05, 0) is 54.1 Å². The number of nitrogens with one attached hydrogen (secondary N) is 3. The Kier molecular flexibility index (Phi) is 7.18. The predicted octanol–water partition coefficient (Wildman–Crippen LogP) is 5.64. The number of rotatable bonds is 8. The second-order valence-corrected chi connectivity index (χ2v) is 7.83. The monoisotopic (exact) mass is 491 g/mol. The minimum Gasteiger partial charge on any atom is -0.481 e. The molecule has 10 heteroatoms. The number of carbonyl (C=O) groups excluding carboxylic acids is 1. The molecule has 0 spiro atoms. The summed E-state index contributed by atoms with van der Waals surface area (Å²) >= 11 is 6.08. The molecule has 1 aromatic heterocycles. The summed E-state index contributed by atoms with van der Waals surface area (Å²) in [6.45, 7) is 0. The highest BCUT2D eigenvalue weighted by molar-refractivity contribution is 6.33. The number of anilines is 5. The van der Waals surface area contributed by atoms with Crippen molar-refractivity contribution >= 4 is 52.3 Å². The molecule has 0 saturated carbocycles. The van der Waals surface area contributed by atoms with Gasteiger partial charge in [0.25, 0.3) is 5.91 Å². The molecule has 35 heavy (non-hydrogen) atoms. The predicted molar refractivity (Wildman–Crippen MR) is 132 cm³/mol. The van der Waals surface area contributed by atoms with Gasteiger partial charge >= 0.3 is 5.97 Å². The molecule has 0 atom stereocenters. The summed E-state index contributed by atoms with van der Waals surface area (Å²) in [5.41, 5.74) is 2.68. The zero-order valence-electron chi connectivity index (χ0n) is 18.1. The van der Waals surface area contributed by atoms with Crippen LogP contribution in [0.25, 0.3) is 0 Å². The van der Waals surface area contributed by atoms with Gasteiger partial charge in [0.1, 0.15) is 0 Å². The van der Waals surface area contributed by atoms with E-state index in [1.54, 1.807) is 72.8 Å². The van der Waals surface area contributed by atoms with Crippen LogP contribution in [0.1, 0.15) is 15.9 Å². The summed E-state index contributed by atoms with van der Waals surface area (Å²) in [7, 11) is 0. The molecule has 0 saturated heterocycles. The van der Waals surface area contributed by atoms with E-state index in [9.17, 15) is 14.0 Å². The van der Waals surface area contributed by atoms with Crippen molar-refractivity contribution in [2.45, 2.75) is 6.42 Å². The Hall–Kier alpha value is -4.50. The van der Waals surface area contributed by atoms with Crippen LogP contribution in [0.5, 0.6) is 0 Å². The van der Waals surface area contributed by atoms with Crippen LogP contribution < -0.4 is 16.0 Å². The van der Waals surface area contributed by atoms with Gasteiger partial charge in [0.2, 0.25) is 5.95 Å². The Labute approximate surface area is 204 Å². The van der Waals surface area contributed by atoms with Crippen LogP contribution >= 0.6 is 11.6 Å². The van der Waals surface area contributed by atoms with Crippen LogP contribution in [0.2, 0.25) is 5.02 Å². The van der Waals surface area contributed by atoms with E-state index < -0.39 is 11.8 Å². The Morgan fingerprint density at radius 2 is 1.57 bits per heavy atom. The first kappa shape index (κ1) is 23.7. The molecular formula is C25H19ClFN5O3. The summed E-state index contributed by atoms with van der Waals surface area (Å²) in [6, 6.07) is 20.0. The molecule has 4 N–H and O–H groups in total. The number of benzene rings is 3. The third-order valence-electron chi connectivity index (χ3n) is 4.84. The fourth-order valence-corrected chi connectivity index (χ4v) is 3.31. The molecule has 1 heterocycles. The summed E-state index contributed by atoms with van der Waals surface area (Å²) in [4.78, 5) is 31.4. The van der Waals surface area contributed by atoms with E-state index in [4.69, 9.17) is 16.7 Å². The lowest BCUT2D eigenvalue weighted by molar-refractivity contribution is -0.136. The van der Waals surface area contributed by atoms with Gasteiger partial charge in [-0.1, -0.05) is 35.9 Å². The maximum absolute atomic E-state index is 14.3. The number of aromatic nitrogens is 2. The van der Waals surface area contributed by atoms with Crippen LogP contribution in [0, 0.1) is 5.82 Å². The van der Waals surface area contributed by atoms with E-state index in [1.165, 1.54) is 0 Å². The molecule has 1 amide bonds. The van der Waals surface area contributed by atoms with Crippen molar-refractivity contribution in [3.05, 3.63) is 101 Å². The van der Waals surface area contributed by atoms with E-state index in [-0.39, 0.29) is 24.1 Å². The fraction of sp³-hybridized carbons (Fsp3) is 0.0400. The van der Waals surface area contributed by atoms with Gasteiger partial charge < -0.3 is 21.1 Å². The Bertz CT molecular complexity index is 1360. The van der Waals surface area contributed by atoms with Gasteiger partial charge in [-0.3, -0.25) is 9.59 Å². The fourth-order valence-electron chi connectivity index (χ4n) is 3.12. The molecule has 0 radical (unpaired) electrons. The molecule has 0 aliphatic heterocycles. The zero-order chi connectivity index (χ0) is 24.8. The molecule has 0 aliphatic carbocycles. The Morgan fingerprint density at radius 3 is 2.26 bits per heavy atom. The zero-order valence-corrected chi connectivity index (χ0v) is 18.9. The van der Waals surface area contributed by atoms with E-state index in [0.29, 0.717) is 33.2 Å². The number of aliphatic carboxylic acids is 1. The van der Waals surface area contributed by atoms with Gasteiger partial charge in [0, 0.05) is 16.9 Å². The number of amides is 1. The molecule has 0 fully saturated rings. The van der Waals surface area contributed by atoms with Crippen molar-refractivity contribution in [1.82, 2.24) is 9.97 Å². The average molecular weight is 492 g/mol. The lowest BCUT2D eigenvalue weighted by atomic mass is 10.1. The molecular weight excluding hydrogens is 473 g/mol. The van der Waals surface area contributed by atoms with E-state index in [1.807, 2.05) is 0 Å². The number of halogens is 2. The van der Waals surface area contributed by atoms with Gasteiger partial charge in [-0.15, -0.1) is 0 Å². The van der Waals surface area contributed by atoms with Gasteiger partial charge in [0.15, 0.2) is 11.6 Å². The molecule has 0 aliphatic rings. The minimum atomic E-state index is -0.919. The minimum absolute atomic E-state index is 0.0572. The number of carboxylic acid groups (broad SMARTS) is 1. The molecule has 4 aromatic rings. The highest BCUT2D eigenvalue weighted by Gasteiger charge is 2.11. The van der Waals surface area contributed by atoms with Crippen molar-refractivity contribution in [2.75, 3.05) is 16.0 Å². The first-order chi connectivity index (χ1) is 16.9. The van der Waals surface area contributed by atoms with Gasteiger partial charge in [-0.25, -0.2) is 9.37 Å². The van der Waals surface area contributed by atoms with Crippen LogP contribution in [0.15, 0.2) is 79.0 Å². The lowest BCUT2D eigenvalue weighted by Gasteiger charge is -2.11. The van der Waals surface area contributed by atoms with Crippen molar-refractivity contribution in [3.63, 3.8) is 0 Å². The number of carboxylic acids is 1. The quantitative estimate of drug-likeness (QED) is 0.252. The molecule has 176 valence electrons. The molecule has 0 unspecified atom stereocenters. The first-order valence-corrected chi connectivity index (χ1v) is 10.8. The molecule has 8 nitrogen and oxygen atoms in total. The summed E-state index contributed by atoms with van der Waals surface area (Å²) in [5, 5.41) is 17.8. The van der Waals surface area contributed by atoms with Crippen molar-refractivity contribution in [1.29, 1.82) is 0 Å². The second kappa shape index (κ2) is 10.6. The van der Waals surface area contributed by atoms with Crippen LogP contribution in [0.4, 0.5) is 33.2 Å². The number of carbonyl (C=O) groups is 2. The second-order valence-electron chi connectivity index (χ2n) is 7.42. The smallest absolute Gasteiger partial charge is 0.307 e. The largest absolute Gasteiger partial charge is 0.481 e. The SMILES string of the molecule is O=C(O)Cc1ccc(Nc2ncc(F)c(Nc3ccc(C(=O)Nc4ccccc4Cl)cc3)n2)cc1. The molecule has 3 aromatic carbocycles. The number of hydrogen-bond acceptors (Lipinski definition) is 6. The van der Waals surface area contributed by atoms with E-state index >= 15 is 0 Å². The van der Waals surface area contributed by atoms with Crippen LogP contribution in [0.3, 0.4) is 0 Å². The number of nitrogens with zero attached hydrogens (tertiary/aromatic N) is 2. The Morgan fingerprint density at radius 1 is 0.914 bits per heavy atom. The van der Waals surface area contributed by atoms with Crippen molar-refractivity contribution < 1.29 is 19.1 Å². The van der Waals surface area contributed by atoms with Gasteiger partial charge in [0.05, 0.1) is 23.3 Å². The summed E-state index contributed by atoms with van der Waals surface area (Å²) in [5.74, 6) is -1.82. The highest BCUT2D eigenvalue weighted by atomic mass is 35.5. The van der Waals surface area contributed by atoms with Crippen LogP contribution in [-0.2, 0) is 11.2 Å². The third-order valence-corrected chi connectivity index (χ3v) is 5.17. The van der Waals surface area contributed by atoms with Crippen molar-refractivity contribution in [2.24, 2.45) is 0 Å². The third kappa shape index (κ3) is 6.30. The standard InChI is InChI=1S/C25H19ClFN5O3/c26-19-3-1-2-4-21(19)31-24(35)16-7-11-17(12-8-16)29-23-20(27)14-28-25(32-23)30-18-9-5-15(6-10-18)13-22(33)34/h1-12,14H,13H2,(H,31,35)(H,33,34)(H2,28,29,30,32). The highest BCUT2D eigenvalue weighted by Crippen LogP contribution is 2.23. The van der Waals surface area contributed by atoms with Gasteiger partial charge in [-0.2, -0.15) is 4.98 Å². The van der Waals surface area contributed by atoms with E-state index in [2.05, 4.69) is 25.9 Å². The summed E-state index contributed by atoms with van der Waals surface area (Å²) in [6.07, 6.45) is 0.948. The lowest BCUT2D eigenvalue weighted by Crippen LogP contribution is -2.12.